The van der Waals surface area contributed by atoms with Gasteiger partial charge in [0.15, 0.2) is 0 Å². The lowest BCUT2D eigenvalue weighted by atomic mass is 9.98. The summed E-state index contributed by atoms with van der Waals surface area (Å²) in [5.74, 6) is 0.660. The SMILES string of the molecule is CC1NC(c2ccsc2)N(C(C)C2CCOC2)C1=O. The Bertz CT molecular complexity index is 442. The molecular formula is C14H20N2O2S. The first-order chi connectivity index (χ1) is 9.18. The Morgan fingerprint density at radius 3 is 3.05 bits per heavy atom. The van der Waals surface area contributed by atoms with Gasteiger partial charge >= 0.3 is 0 Å². The zero-order valence-corrected chi connectivity index (χ0v) is 12.2. The highest BCUT2D eigenvalue weighted by atomic mass is 32.1. The Morgan fingerprint density at radius 1 is 1.58 bits per heavy atom. The molecule has 0 spiro atoms. The number of rotatable bonds is 3. The van der Waals surface area contributed by atoms with E-state index in [2.05, 4.69) is 29.1 Å². The second-order valence-corrected chi connectivity index (χ2v) is 6.24. The molecule has 19 heavy (non-hydrogen) atoms. The molecule has 0 aliphatic carbocycles. The predicted molar refractivity (Wildman–Crippen MR) is 74.9 cm³/mol. The van der Waals surface area contributed by atoms with Crippen molar-refractivity contribution in [1.29, 1.82) is 0 Å². The Labute approximate surface area is 117 Å². The number of amides is 1. The molecule has 104 valence electrons. The van der Waals surface area contributed by atoms with E-state index in [9.17, 15) is 4.79 Å². The fourth-order valence-electron chi connectivity index (χ4n) is 3.02. The summed E-state index contributed by atoms with van der Waals surface area (Å²) in [6.45, 7) is 5.69. The molecule has 1 aromatic rings. The summed E-state index contributed by atoms with van der Waals surface area (Å²) in [4.78, 5) is 14.5. The van der Waals surface area contributed by atoms with Crippen LogP contribution < -0.4 is 5.32 Å². The number of nitrogens with one attached hydrogen (secondary N) is 1. The fourth-order valence-corrected chi connectivity index (χ4v) is 3.70. The minimum atomic E-state index is -0.102. The van der Waals surface area contributed by atoms with Gasteiger partial charge in [-0.05, 0) is 42.7 Å². The van der Waals surface area contributed by atoms with Crippen molar-refractivity contribution in [3.8, 4) is 0 Å². The molecule has 4 unspecified atom stereocenters. The van der Waals surface area contributed by atoms with Gasteiger partial charge < -0.3 is 9.64 Å². The molecule has 4 atom stereocenters. The van der Waals surface area contributed by atoms with Crippen molar-refractivity contribution in [3.05, 3.63) is 22.4 Å². The minimum Gasteiger partial charge on any atom is -0.381 e. The molecule has 0 radical (unpaired) electrons. The van der Waals surface area contributed by atoms with Crippen LogP contribution in [0.1, 0.15) is 32.0 Å². The third-order valence-electron chi connectivity index (χ3n) is 4.26. The average Bonchev–Trinajstić information content (AvgIpc) is 3.11. The van der Waals surface area contributed by atoms with Crippen LogP contribution in [-0.4, -0.2) is 36.1 Å². The third kappa shape index (κ3) is 2.30. The number of ether oxygens (including phenoxy) is 1. The van der Waals surface area contributed by atoms with Gasteiger partial charge in [-0.1, -0.05) is 0 Å². The predicted octanol–water partition coefficient (Wildman–Crippen LogP) is 1.99. The van der Waals surface area contributed by atoms with Crippen LogP contribution in [0.4, 0.5) is 0 Å². The number of hydrogen-bond acceptors (Lipinski definition) is 4. The minimum absolute atomic E-state index is 0.0179. The van der Waals surface area contributed by atoms with Gasteiger partial charge in [0.05, 0.1) is 12.6 Å². The van der Waals surface area contributed by atoms with Crippen molar-refractivity contribution in [2.24, 2.45) is 5.92 Å². The summed E-state index contributed by atoms with van der Waals surface area (Å²) < 4.78 is 5.47. The third-order valence-corrected chi connectivity index (χ3v) is 4.96. The Hall–Kier alpha value is -0.910. The molecule has 4 nitrogen and oxygen atoms in total. The topological polar surface area (TPSA) is 41.6 Å². The van der Waals surface area contributed by atoms with Gasteiger partial charge in [-0.15, -0.1) is 0 Å². The maximum atomic E-state index is 12.4. The van der Waals surface area contributed by atoms with Crippen molar-refractivity contribution in [2.45, 2.75) is 38.5 Å². The van der Waals surface area contributed by atoms with Crippen LogP contribution in [0, 0.1) is 5.92 Å². The molecule has 1 aromatic heterocycles. The fraction of sp³-hybridized carbons (Fsp3) is 0.643. The van der Waals surface area contributed by atoms with Gasteiger partial charge in [0.25, 0.3) is 0 Å². The Morgan fingerprint density at radius 2 is 2.42 bits per heavy atom. The molecule has 2 aliphatic heterocycles. The highest BCUT2D eigenvalue weighted by molar-refractivity contribution is 7.07. The second kappa shape index (κ2) is 5.23. The monoisotopic (exact) mass is 280 g/mol. The summed E-state index contributed by atoms with van der Waals surface area (Å²) in [5, 5.41) is 7.58. The average molecular weight is 280 g/mol. The van der Waals surface area contributed by atoms with E-state index >= 15 is 0 Å². The molecule has 0 aromatic carbocycles. The van der Waals surface area contributed by atoms with Crippen LogP contribution in [0.25, 0.3) is 0 Å². The maximum Gasteiger partial charge on any atom is 0.241 e. The first kappa shape index (κ1) is 13.1. The highest BCUT2D eigenvalue weighted by Crippen LogP contribution is 2.33. The van der Waals surface area contributed by atoms with Crippen molar-refractivity contribution in [3.63, 3.8) is 0 Å². The Balaban J connectivity index is 1.84. The van der Waals surface area contributed by atoms with Crippen LogP contribution in [-0.2, 0) is 9.53 Å². The van der Waals surface area contributed by atoms with E-state index in [-0.39, 0.29) is 24.2 Å². The van der Waals surface area contributed by atoms with Gasteiger partial charge in [0, 0.05) is 18.6 Å². The van der Waals surface area contributed by atoms with Crippen molar-refractivity contribution in [2.75, 3.05) is 13.2 Å². The number of hydrogen-bond donors (Lipinski definition) is 1. The summed E-state index contributed by atoms with van der Waals surface area (Å²) >= 11 is 1.67. The van der Waals surface area contributed by atoms with Crippen molar-refractivity contribution in [1.82, 2.24) is 10.2 Å². The maximum absolute atomic E-state index is 12.4. The molecule has 1 amide bonds. The second-order valence-electron chi connectivity index (χ2n) is 5.46. The van der Waals surface area contributed by atoms with E-state index < -0.39 is 0 Å². The summed E-state index contributed by atoms with van der Waals surface area (Å²) in [7, 11) is 0. The molecule has 0 bridgehead atoms. The van der Waals surface area contributed by atoms with Crippen LogP contribution in [0.5, 0.6) is 0 Å². The first-order valence-corrected chi connectivity index (χ1v) is 7.81. The van der Waals surface area contributed by atoms with E-state index in [0.29, 0.717) is 5.92 Å². The standard InChI is InChI=1S/C14H20N2O2S/c1-9-14(17)16(10(2)11-3-5-18-7-11)13(15-9)12-4-6-19-8-12/h4,6,8-11,13,15H,3,5,7H2,1-2H3. The lowest BCUT2D eigenvalue weighted by Crippen LogP contribution is -2.42. The van der Waals surface area contributed by atoms with E-state index in [1.807, 2.05) is 11.8 Å². The van der Waals surface area contributed by atoms with Crippen LogP contribution in [0.3, 0.4) is 0 Å². The molecule has 3 rings (SSSR count). The van der Waals surface area contributed by atoms with Crippen molar-refractivity contribution >= 4 is 17.2 Å². The van der Waals surface area contributed by atoms with Crippen LogP contribution >= 0.6 is 11.3 Å². The lowest BCUT2D eigenvalue weighted by molar-refractivity contribution is -0.132. The van der Waals surface area contributed by atoms with Crippen LogP contribution in [0.2, 0.25) is 0 Å². The molecule has 1 N–H and O–H groups in total. The van der Waals surface area contributed by atoms with E-state index in [4.69, 9.17) is 4.74 Å². The molecule has 2 saturated heterocycles. The number of thiophene rings is 1. The van der Waals surface area contributed by atoms with Gasteiger partial charge in [-0.25, -0.2) is 0 Å². The summed E-state index contributed by atoms with van der Waals surface area (Å²) in [6, 6.07) is 2.21. The van der Waals surface area contributed by atoms with E-state index in [1.165, 1.54) is 5.56 Å². The smallest absolute Gasteiger partial charge is 0.241 e. The van der Waals surface area contributed by atoms with Crippen molar-refractivity contribution < 1.29 is 9.53 Å². The Kier molecular flexibility index (Phi) is 3.60. The molecule has 2 aliphatic rings. The normalized spacial score (nSPS) is 33.1. The van der Waals surface area contributed by atoms with Gasteiger partial charge in [0.2, 0.25) is 5.91 Å². The first-order valence-electron chi connectivity index (χ1n) is 6.86. The molecule has 3 heterocycles. The lowest BCUT2D eigenvalue weighted by Gasteiger charge is -2.33. The molecular weight excluding hydrogens is 260 g/mol. The largest absolute Gasteiger partial charge is 0.381 e. The number of carbonyl (C=O) groups is 1. The molecule has 2 fully saturated rings. The molecule has 0 saturated carbocycles. The number of carbonyl (C=O) groups excluding carboxylic acids is 1. The van der Waals surface area contributed by atoms with Gasteiger partial charge in [-0.3, -0.25) is 10.1 Å². The summed E-state index contributed by atoms with van der Waals surface area (Å²) in [6.07, 6.45) is 1.07. The highest BCUT2D eigenvalue weighted by Gasteiger charge is 2.42. The van der Waals surface area contributed by atoms with Gasteiger partial charge in [-0.2, -0.15) is 11.3 Å². The van der Waals surface area contributed by atoms with E-state index in [0.717, 1.165) is 19.6 Å². The quantitative estimate of drug-likeness (QED) is 0.920. The van der Waals surface area contributed by atoms with Crippen LogP contribution in [0.15, 0.2) is 16.8 Å². The zero-order chi connectivity index (χ0) is 13.4. The zero-order valence-electron chi connectivity index (χ0n) is 11.3. The number of nitrogens with zero attached hydrogens (tertiary/aromatic N) is 1. The molecule has 5 heteroatoms. The van der Waals surface area contributed by atoms with E-state index in [1.54, 1.807) is 11.3 Å². The summed E-state index contributed by atoms with van der Waals surface area (Å²) in [5.41, 5.74) is 1.19. The van der Waals surface area contributed by atoms with Gasteiger partial charge in [0.1, 0.15) is 6.17 Å².